The van der Waals surface area contributed by atoms with Gasteiger partial charge in [-0.25, -0.2) is 4.39 Å². The van der Waals surface area contributed by atoms with Gasteiger partial charge in [0.25, 0.3) is 0 Å². The van der Waals surface area contributed by atoms with Gasteiger partial charge >= 0.3 is 0 Å². The molecule has 0 amide bonds. The average Bonchev–Trinajstić information content (AvgIpc) is 3.33. The summed E-state index contributed by atoms with van der Waals surface area (Å²) >= 11 is 2.87. The van der Waals surface area contributed by atoms with Crippen LogP contribution in [-0.4, -0.2) is 30.3 Å². The Morgan fingerprint density at radius 3 is 3.04 bits per heavy atom. The van der Waals surface area contributed by atoms with Gasteiger partial charge in [-0.05, 0) is 40.1 Å². The summed E-state index contributed by atoms with van der Waals surface area (Å²) in [4.78, 5) is 5.29. The van der Waals surface area contributed by atoms with E-state index >= 15 is 0 Å². The van der Waals surface area contributed by atoms with Crippen LogP contribution in [0, 0.1) is 5.82 Å². The van der Waals surface area contributed by atoms with E-state index in [9.17, 15) is 4.39 Å². The van der Waals surface area contributed by atoms with Crippen LogP contribution in [0.1, 0.15) is 5.89 Å². The van der Waals surface area contributed by atoms with E-state index in [2.05, 4.69) is 25.7 Å². The number of aromatic nitrogens is 6. The van der Waals surface area contributed by atoms with Gasteiger partial charge in [0.2, 0.25) is 16.9 Å². The smallest absolute Gasteiger partial charge is 0.237 e. The highest BCUT2D eigenvalue weighted by atomic mass is 32.2. The zero-order chi connectivity index (χ0) is 16.4. The largest absolute Gasteiger partial charge is 0.338 e. The zero-order valence-electron chi connectivity index (χ0n) is 12.0. The summed E-state index contributed by atoms with van der Waals surface area (Å²) in [5.74, 6) is 1.09. The number of halogens is 1. The van der Waals surface area contributed by atoms with E-state index in [1.807, 2.05) is 17.5 Å². The van der Waals surface area contributed by atoms with E-state index in [0.717, 1.165) is 4.88 Å². The van der Waals surface area contributed by atoms with E-state index in [1.54, 1.807) is 23.5 Å². The maximum Gasteiger partial charge on any atom is 0.237 e. The summed E-state index contributed by atoms with van der Waals surface area (Å²) < 4.78 is 20.1. The summed E-state index contributed by atoms with van der Waals surface area (Å²) in [6.07, 6.45) is 0. The lowest BCUT2D eigenvalue weighted by Crippen LogP contribution is -1.99. The molecule has 120 valence electrons. The number of hydrogen-bond acceptors (Lipinski definition) is 8. The molecule has 0 N–H and O–H groups in total. The second-order valence-corrected chi connectivity index (χ2v) is 6.52. The van der Waals surface area contributed by atoms with Crippen LogP contribution < -0.4 is 0 Å². The van der Waals surface area contributed by atoms with E-state index < -0.39 is 0 Å². The fraction of sp³-hybridized carbons (Fsp3) is 0.0714. The molecule has 4 rings (SSSR count). The molecular formula is C14H9FN6OS2. The number of hydrogen-bond donors (Lipinski definition) is 0. The molecule has 3 aromatic heterocycles. The van der Waals surface area contributed by atoms with Crippen LogP contribution in [0.25, 0.3) is 16.4 Å². The van der Waals surface area contributed by atoms with E-state index in [0.29, 0.717) is 28.3 Å². The lowest BCUT2D eigenvalue weighted by atomic mass is 10.3. The molecule has 0 fully saturated rings. The van der Waals surface area contributed by atoms with E-state index in [1.165, 1.54) is 28.6 Å². The first-order chi connectivity index (χ1) is 11.8. The number of thioether (sulfide) groups is 1. The van der Waals surface area contributed by atoms with Gasteiger partial charge in [-0.15, -0.1) is 16.4 Å². The van der Waals surface area contributed by atoms with Crippen LogP contribution in [0.4, 0.5) is 4.39 Å². The van der Waals surface area contributed by atoms with Gasteiger partial charge in [0.15, 0.2) is 0 Å². The molecule has 4 aromatic rings. The summed E-state index contributed by atoms with van der Waals surface area (Å²) in [5, 5.41) is 17.9. The molecule has 0 saturated heterocycles. The molecule has 0 aliphatic heterocycles. The SMILES string of the molecule is Fc1cccc(-n2nnnc2SCc2nc(-c3cccs3)no2)c1. The highest BCUT2D eigenvalue weighted by Crippen LogP contribution is 2.25. The minimum absolute atomic E-state index is 0.351. The van der Waals surface area contributed by atoms with Gasteiger partial charge in [-0.3, -0.25) is 0 Å². The van der Waals surface area contributed by atoms with E-state index in [-0.39, 0.29) is 5.82 Å². The molecule has 0 saturated carbocycles. The van der Waals surface area contributed by atoms with Gasteiger partial charge in [-0.1, -0.05) is 29.1 Å². The third-order valence-electron chi connectivity index (χ3n) is 3.03. The number of rotatable bonds is 5. The summed E-state index contributed by atoms with van der Waals surface area (Å²) in [5.41, 5.74) is 0.548. The number of nitrogens with zero attached hydrogens (tertiary/aromatic N) is 6. The van der Waals surface area contributed by atoms with Crippen LogP contribution in [0.3, 0.4) is 0 Å². The maximum absolute atomic E-state index is 13.4. The van der Waals surface area contributed by atoms with Crippen LogP contribution in [0.5, 0.6) is 0 Å². The Bertz CT molecular complexity index is 952. The minimum Gasteiger partial charge on any atom is -0.338 e. The van der Waals surface area contributed by atoms with Crippen molar-refractivity contribution in [3.8, 4) is 16.4 Å². The van der Waals surface area contributed by atoms with Gasteiger partial charge in [0.05, 0.1) is 16.3 Å². The molecule has 10 heteroatoms. The summed E-state index contributed by atoms with van der Waals surface area (Å²) in [7, 11) is 0. The first kappa shape index (κ1) is 15.0. The van der Waals surface area contributed by atoms with Crippen molar-refractivity contribution in [3.05, 3.63) is 53.5 Å². The molecule has 0 radical (unpaired) electrons. The Kier molecular flexibility index (Phi) is 4.05. The topological polar surface area (TPSA) is 82.5 Å². The molecule has 0 aliphatic carbocycles. The van der Waals surface area contributed by atoms with Crippen molar-refractivity contribution in [1.29, 1.82) is 0 Å². The van der Waals surface area contributed by atoms with Gasteiger partial charge in [0, 0.05) is 0 Å². The predicted octanol–water partition coefficient (Wildman–Crippen LogP) is 3.21. The third kappa shape index (κ3) is 3.05. The third-order valence-corrected chi connectivity index (χ3v) is 4.80. The molecule has 0 aliphatic rings. The highest BCUT2D eigenvalue weighted by molar-refractivity contribution is 7.98. The molecule has 3 heterocycles. The van der Waals surface area contributed by atoms with Crippen molar-refractivity contribution in [1.82, 2.24) is 30.3 Å². The highest BCUT2D eigenvalue weighted by Gasteiger charge is 2.14. The van der Waals surface area contributed by atoms with Crippen LogP contribution >= 0.6 is 23.1 Å². The lowest BCUT2D eigenvalue weighted by Gasteiger charge is -2.02. The van der Waals surface area contributed by atoms with Crippen molar-refractivity contribution in [2.45, 2.75) is 10.9 Å². The van der Waals surface area contributed by atoms with Crippen molar-refractivity contribution in [2.24, 2.45) is 0 Å². The van der Waals surface area contributed by atoms with Crippen LogP contribution in [-0.2, 0) is 5.75 Å². The van der Waals surface area contributed by atoms with Crippen LogP contribution in [0.2, 0.25) is 0 Å². The molecule has 0 spiro atoms. The van der Waals surface area contributed by atoms with Crippen molar-refractivity contribution >= 4 is 23.1 Å². The Hall–Kier alpha value is -2.59. The van der Waals surface area contributed by atoms with Gasteiger partial charge < -0.3 is 4.52 Å². The Morgan fingerprint density at radius 2 is 2.21 bits per heavy atom. The molecule has 24 heavy (non-hydrogen) atoms. The fourth-order valence-electron chi connectivity index (χ4n) is 1.98. The monoisotopic (exact) mass is 360 g/mol. The minimum atomic E-state index is -0.351. The normalized spacial score (nSPS) is 11.0. The standard InChI is InChI=1S/C14H9FN6OS2/c15-9-3-1-4-10(7-9)21-14(17-19-20-21)24-8-12-16-13(18-22-12)11-5-2-6-23-11/h1-7H,8H2. The summed E-state index contributed by atoms with van der Waals surface area (Å²) in [6.45, 7) is 0. The number of tetrazole rings is 1. The second-order valence-electron chi connectivity index (χ2n) is 4.63. The lowest BCUT2D eigenvalue weighted by molar-refractivity contribution is 0.391. The van der Waals surface area contributed by atoms with E-state index in [4.69, 9.17) is 4.52 Å². The number of thiophene rings is 1. The Labute approximate surface area is 143 Å². The van der Waals surface area contributed by atoms with Crippen LogP contribution in [0.15, 0.2) is 51.5 Å². The molecule has 1 aromatic carbocycles. The first-order valence-electron chi connectivity index (χ1n) is 6.83. The maximum atomic E-state index is 13.4. The number of benzene rings is 1. The predicted molar refractivity (Wildman–Crippen MR) is 86.3 cm³/mol. The van der Waals surface area contributed by atoms with Gasteiger partial charge in [0.1, 0.15) is 5.82 Å². The zero-order valence-corrected chi connectivity index (χ0v) is 13.7. The summed E-state index contributed by atoms with van der Waals surface area (Å²) in [6, 6.07) is 9.92. The molecule has 0 atom stereocenters. The average molecular weight is 360 g/mol. The van der Waals surface area contributed by atoms with Crippen molar-refractivity contribution < 1.29 is 8.91 Å². The fourth-order valence-corrected chi connectivity index (χ4v) is 3.36. The Morgan fingerprint density at radius 1 is 1.25 bits per heavy atom. The Balaban J connectivity index is 1.50. The van der Waals surface area contributed by atoms with Crippen molar-refractivity contribution in [2.75, 3.05) is 0 Å². The molecule has 0 bridgehead atoms. The second kappa shape index (κ2) is 6.49. The quantitative estimate of drug-likeness (QED) is 0.505. The molecule has 0 unspecified atom stereocenters. The molecule has 7 nitrogen and oxygen atoms in total. The van der Waals surface area contributed by atoms with Crippen molar-refractivity contribution in [3.63, 3.8) is 0 Å². The first-order valence-corrected chi connectivity index (χ1v) is 8.70. The molecular weight excluding hydrogens is 351 g/mol. The van der Waals surface area contributed by atoms with Gasteiger partial charge in [-0.2, -0.15) is 9.67 Å².